The first kappa shape index (κ1) is 13.9. The zero-order valence-electron chi connectivity index (χ0n) is 11.6. The molecule has 104 valence electrons. The van der Waals surface area contributed by atoms with Gasteiger partial charge < -0.3 is 14.3 Å². The maximum absolute atomic E-state index is 10.7. The second kappa shape index (κ2) is 6.57. The molecule has 4 nitrogen and oxygen atoms in total. The van der Waals surface area contributed by atoms with Crippen molar-refractivity contribution >= 4 is 6.29 Å². The summed E-state index contributed by atoms with van der Waals surface area (Å²) in [5, 5.41) is 0. The SMILES string of the molecule is COc1ccc(CN2CCC(C=O)CC2)cc1OC. The largest absolute Gasteiger partial charge is 0.493 e. The Labute approximate surface area is 114 Å². The summed E-state index contributed by atoms with van der Waals surface area (Å²) in [6.07, 6.45) is 3.03. The van der Waals surface area contributed by atoms with Gasteiger partial charge in [0.25, 0.3) is 0 Å². The van der Waals surface area contributed by atoms with Crippen LogP contribution in [0.25, 0.3) is 0 Å². The van der Waals surface area contributed by atoms with Crippen LogP contribution in [0, 0.1) is 5.92 Å². The van der Waals surface area contributed by atoms with E-state index < -0.39 is 0 Å². The van der Waals surface area contributed by atoms with E-state index in [9.17, 15) is 4.79 Å². The summed E-state index contributed by atoms with van der Waals surface area (Å²) >= 11 is 0. The second-order valence-corrected chi connectivity index (χ2v) is 4.94. The zero-order chi connectivity index (χ0) is 13.7. The average molecular weight is 263 g/mol. The third-order valence-electron chi connectivity index (χ3n) is 3.68. The van der Waals surface area contributed by atoms with Gasteiger partial charge >= 0.3 is 0 Å². The van der Waals surface area contributed by atoms with Gasteiger partial charge in [0, 0.05) is 12.5 Å². The van der Waals surface area contributed by atoms with Crippen LogP contribution < -0.4 is 9.47 Å². The number of piperidine rings is 1. The van der Waals surface area contributed by atoms with Crippen molar-refractivity contribution in [2.24, 2.45) is 5.92 Å². The van der Waals surface area contributed by atoms with Crippen molar-refractivity contribution in [1.29, 1.82) is 0 Å². The summed E-state index contributed by atoms with van der Waals surface area (Å²) in [4.78, 5) is 13.1. The fraction of sp³-hybridized carbons (Fsp3) is 0.533. The van der Waals surface area contributed by atoms with Gasteiger partial charge in [-0.1, -0.05) is 6.07 Å². The highest BCUT2D eigenvalue weighted by atomic mass is 16.5. The molecule has 1 aromatic rings. The Morgan fingerprint density at radius 2 is 1.89 bits per heavy atom. The summed E-state index contributed by atoms with van der Waals surface area (Å²) in [6.45, 7) is 2.86. The van der Waals surface area contributed by atoms with E-state index in [-0.39, 0.29) is 5.92 Å². The number of aldehydes is 1. The molecule has 0 atom stereocenters. The molecule has 4 heteroatoms. The first-order valence-electron chi connectivity index (χ1n) is 6.65. The van der Waals surface area contributed by atoms with Crippen molar-refractivity contribution in [3.05, 3.63) is 23.8 Å². The fourth-order valence-corrected chi connectivity index (χ4v) is 2.48. The maximum Gasteiger partial charge on any atom is 0.161 e. The van der Waals surface area contributed by atoms with E-state index in [2.05, 4.69) is 11.0 Å². The van der Waals surface area contributed by atoms with Crippen LogP contribution in [0.3, 0.4) is 0 Å². The van der Waals surface area contributed by atoms with E-state index in [0.717, 1.165) is 50.3 Å². The maximum atomic E-state index is 10.7. The topological polar surface area (TPSA) is 38.8 Å². The quantitative estimate of drug-likeness (QED) is 0.763. The Bertz CT molecular complexity index is 425. The molecule has 1 saturated heterocycles. The van der Waals surface area contributed by atoms with Gasteiger partial charge in [-0.15, -0.1) is 0 Å². The molecule has 0 aliphatic carbocycles. The van der Waals surface area contributed by atoms with Crippen molar-refractivity contribution in [1.82, 2.24) is 4.90 Å². The minimum atomic E-state index is 0.252. The number of likely N-dealkylation sites (tertiary alicyclic amines) is 1. The molecule has 0 unspecified atom stereocenters. The fourth-order valence-electron chi connectivity index (χ4n) is 2.48. The zero-order valence-corrected chi connectivity index (χ0v) is 11.6. The van der Waals surface area contributed by atoms with E-state index in [1.165, 1.54) is 5.56 Å². The van der Waals surface area contributed by atoms with Crippen molar-refractivity contribution in [2.75, 3.05) is 27.3 Å². The molecule has 0 spiro atoms. The highest BCUT2D eigenvalue weighted by Crippen LogP contribution is 2.28. The van der Waals surface area contributed by atoms with E-state index in [0.29, 0.717) is 0 Å². The van der Waals surface area contributed by atoms with Crippen LogP contribution in [-0.2, 0) is 11.3 Å². The van der Waals surface area contributed by atoms with E-state index in [1.54, 1.807) is 14.2 Å². The van der Waals surface area contributed by atoms with E-state index in [1.807, 2.05) is 12.1 Å². The van der Waals surface area contributed by atoms with Gasteiger partial charge in [0.15, 0.2) is 11.5 Å². The van der Waals surface area contributed by atoms with E-state index >= 15 is 0 Å². The number of carbonyl (C=O) groups is 1. The molecule has 1 aliphatic rings. The predicted octanol–water partition coefficient (Wildman–Crippen LogP) is 2.11. The van der Waals surface area contributed by atoms with Gasteiger partial charge in [-0.05, 0) is 43.6 Å². The number of nitrogens with zero attached hydrogens (tertiary/aromatic N) is 1. The summed E-state index contributed by atoms with van der Waals surface area (Å²) in [6, 6.07) is 6.02. The third kappa shape index (κ3) is 3.47. The van der Waals surface area contributed by atoms with Crippen molar-refractivity contribution in [3.8, 4) is 11.5 Å². The van der Waals surface area contributed by atoms with Crippen LogP contribution in [0.5, 0.6) is 11.5 Å². The first-order chi connectivity index (χ1) is 9.26. The van der Waals surface area contributed by atoms with Crippen LogP contribution >= 0.6 is 0 Å². The van der Waals surface area contributed by atoms with Crippen molar-refractivity contribution < 1.29 is 14.3 Å². The Morgan fingerprint density at radius 3 is 2.47 bits per heavy atom. The van der Waals surface area contributed by atoms with E-state index in [4.69, 9.17) is 9.47 Å². The number of carbonyl (C=O) groups excluding carboxylic acids is 1. The number of methoxy groups -OCH3 is 2. The highest BCUT2D eigenvalue weighted by molar-refractivity contribution is 5.53. The molecule has 0 amide bonds. The van der Waals surface area contributed by atoms with Crippen molar-refractivity contribution in [3.63, 3.8) is 0 Å². The molecule has 0 saturated carbocycles. The third-order valence-corrected chi connectivity index (χ3v) is 3.68. The molecule has 0 aromatic heterocycles. The normalized spacial score (nSPS) is 17.2. The molecule has 0 radical (unpaired) electrons. The molecule has 1 heterocycles. The standard InChI is InChI=1S/C15H21NO3/c1-18-14-4-3-13(9-15(14)19-2)10-16-7-5-12(11-17)6-8-16/h3-4,9,11-12H,5-8,10H2,1-2H3. The second-order valence-electron chi connectivity index (χ2n) is 4.94. The lowest BCUT2D eigenvalue weighted by atomic mass is 9.98. The van der Waals surface area contributed by atoms with Gasteiger partial charge in [-0.25, -0.2) is 0 Å². The van der Waals surface area contributed by atoms with Crippen molar-refractivity contribution in [2.45, 2.75) is 19.4 Å². The van der Waals surface area contributed by atoms with Crippen LogP contribution in [0.2, 0.25) is 0 Å². The average Bonchev–Trinajstić information content (AvgIpc) is 2.48. The molecule has 2 rings (SSSR count). The van der Waals surface area contributed by atoms with Gasteiger partial charge in [-0.3, -0.25) is 4.90 Å². The smallest absolute Gasteiger partial charge is 0.161 e. The molecule has 19 heavy (non-hydrogen) atoms. The number of rotatable bonds is 5. The summed E-state index contributed by atoms with van der Waals surface area (Å²) in [5.41, 5.74) is 1.21. The molecule has 1 fully saturated rings. The Balaban J connectivity index is 1.98. The molecular formula is C15H21NO3. The molecule has 1 aliphatic heterocycles. The van der Waals surface area contributed by atoms with Crippen LogP contribution in [0.4, 0.5) is 0 Å². The first-order valence-corrected chi connectivity index (χ1v) is 6.65. The summed E-state index contributed by atoms with van der Waals surface area (Å²) in [7, 11) is 3.29. The van der Waals surface area contributed by atoms with Crippen LogP contribution in [0.1, 0.15) is 18.4 Å². The number of hydrogen-bond donors (Lipinski definition) is 0. The lowest BCUT2D eigenvalue weighted by Crippen LogP contribution is -2.33. The van der Waals surface area contributed by atoms with Gasteiger partial charge in [0.05, 0.1) is 14.2 Å². The molecule has 0 bridgehead atoms. The number of ether oxygens (including phenoxy) is 2. The summed E-state index contributed by atoms with van der Waals surface area (Å²) in [5.74, 6) is 1.77. The minimum Gasteiger partial charge on any atom is -0.493 e. The Kier molecular flexibility index (Phi) is 4.80. The van der Waals surface area contributed by atoms with Gasteiger partial charge in [0.1, 0.15) is 6.29 Å². The highest BCUT2D eigenvalue weighted by Gasteiger charge is 2.18. The van der Waals surface area contributed by atoms with Crippen LogP contribution in [-0.4, -0.2) is 38.5 Å². The monoisotopic (exact) mass is 263 g/mol. The predicted molar refractivity (Wildman–Crippen MR) is 73.6 cm³/mol. The molecular weight excluding hydrogens is 242 g/mol. The number of hydrogen-bond acceptors (Lipinski definition) is 4. The Morgan fingerprint density at radius 1 is 1.21 bits per heavy atom. The lowest BCUT2D eigenvalue weighted by Gasteiger charge is -2.29. The van der Waals surface area contributed by atoms with Gasteiger partial charge in [0.2, 0.25) is 0 Å². The molecule has 0 N–H and O–H groups in total. The lowest BCUT2D eigenvalue weighted by molar-refractivity contribution is -0.112. The van der Waals surface area contributed by atoms with Crippen LogP contribution in [0.15, 0.2) is 18.2 Å². The number of benzene rings is 1. The summed E-state index contributed by atoms with van der Waals surface area (Å²) < 4.78 is 10.5. The van der Waals surface area contributed by atoms with Gasteiger partial charge in [-0.2, -0.15) is 0 Å². The molecule has 1 aromatic carbocycles. The Hall–Kier alpha value is -1.55. The minimum absolute atomic E-state index is 0.252.